The third-order valence-corrected chi connectivity index (χ3v) is 2.90. The van der Waals surface area contributed by atoms with Crippen LogP contribution in [0.4, 0.5) is 4.39 Å². The van der Waals surface area contributed by atoms with Gasteiger partial charge in [0.2, 0.25) is 0 Å². The van der Waals surface area contributed by atoms with Gasteiger partial charge in [0.15, 0.2) is 18.5 Å². The van der Waals surface area contributed by atoms with E-state index in [4.69, 9.17) is 9.47 Å². The lowest BCUT2D eigenvalue weighted by molar-refractivity contribution is -0.149. The van der Waals surface area contributed by atoms with Crippen molar-refractivity contribution >= 4 is 11.8 Å². The molecule has 114 valence electrons. The minimum Gasteiger partial charge on any atom is -0.479 e. The van der Waals surface area contributed by atoms with E-state index in [-0.39, 0.29) is 5.56 Å². The van der Waals surface area contributed by atoms with Crippen molar-refractivity contribution in [2.24, 2.45) is 0 Å². The first-order chi connectivity index (χ1) is 10.6. The van der Waals surface area contributed by atoms with E-state index in [1.807, 2.05) is 6.07 Å². The number of carbonyl (C=O) groups is 2. The average molecular weight is 302 g/mol. The predicted octanol–water partition coefficient (Wildman–Crippen LogP) is 3.02. The first-order valence-corrected chi connectivity index (χ1v) is 6.73. The monoisotopic (exact) mass is 302 g/mol. The Morgan fingerprint density at radius 3 is 2.32 bits per heavy atom. The van der Waals surface area contributed by atoms with Crippen LogP contribution in [0.1, 0.15) is 17.3 Å². The zero-order valence-electron chi connectivity index (χ0n) is 12.0. The molecule has 0 saturated carbocycles. The lowest BCUT2D eigenvalue weighted by Gasteiger charge is -2.13. The lowest BCUT2D eigenvalue weighted by atomic mass is 10.1. The van der Waals surface area contributed by atoms with E-state index < -0.39 is 30.3 Å². The maximum Gasteiger partial charge on any atom is 0.347 e. The zero-order chi connectivity index (χ0) is 15.9. The van der Waals surface area contributed by atoms with Crippen LogP contribution in [0.25, 0.3) is 0 Å². The number of ether oxygens (including phenoxy) is 2. The number of halogens is 1. The maximum absolute atomic E-state index is 12.8. The molecule has 0 heterocycles. The highest BCUT2D eigenvalue weighted by atomic mass is 19.1. The molecule has 0 spiro atoms. The number of ketones is 1. The molecule has 5 heteroatoms. The second-order valence-corrected chi connectivity index (χ2v) is 4.61. The standard InChI is InChI=1S/C17H15FO4/c1-12(22-15-5-3-2-4-6-15)17(20)21-11-16(19)13-7-9-14(18)10-8-13/h2-10,12H,11H2,1H3. The van der Waals surface area contributed by atoms with Gasteiger partial charge in [-0.25, -0.2) is 9.18 Å². The van der Waals surface area contributed by atoms with E-state index in [9.17, 15) is 14.0 Å². The van der Waals surface area contributed by atoms with Gasteiger partial charge in [-0.1, -0.05) is 18.2 Å². The molecule has 0 aromatic heterocycles. The summed E-state index contributed by atoms with van der Waals surface area (Å²) in [6, 6.07) is 13.9. The average Bonchev–Trinajstić information content (AvgIpc) is 2.53. The minimum atomic E-state index is -0.830. The number of rotatable bonds is 6. The highest BCUT2D eigenvalue weighted by Crippen LogP contribution is 2.11. The van der Waals surface area contributed by atoms with Crippen LogP contribution < -0.4 is 4.74 Å². The summed E-state index contributed by atoms with van der Waals surface area (Å²) in [5.74, 6) is -0.935. The van der Waals surface area contributed by atoms with Gasteiger partial charge < -0.3 is 9.47 Å². The van der Waals surface area contributed by atoms with E-state index in [1.165, 1.54) is 31.2 Å². The summed E-state index contributed by atoms with van der Waals surface area (Å²) in [7, 11) is 0. The van der Waals surface area contributed by atoms with Gasteiger partial charge in [0.1, 0.15) is 11.6 Å². The van der Waals surface area contributed by atoms with Crippen molar-refractivity contribution in [1.29, 1.82) is 0 Å². The van der Waals surface area contributed by atoms with Gasteiger partial charge in [0.05, 0.1) is 0 Å². The summed E-state index contributed by atoms with van der Waals surface area (Å²) in [6.07, 6.45) is -0.830. The van der Waals surface area contributed by atoms with Crippen LogP contribution in [-0.4, -0.2) is 24.5 Å². The topological polar surface area (TPSA) is 52.6 Å². The van der Waals surface area contributed by atoms with Crippen LogP contribution in [0.15, 0.2) is 54.6 Å². The Labute approximate surface area is 127 Å². The number of Topliss-reactive ketones (excluding diaryl/α,β-unsaturated/α-hetero) is 1. The van der Waals surface area contributed by atoms with Crippen molar-refractivity contribution < 1.29 is 23.5 Å². The summed E-state index contributed by atoms with van der Waals surface area (Å²) in [4.78, 5) is 23.6. The molecular formula is C17H15FO4. The summed E-state index contributed by atoms with van der Waals surface area (Å²) >= 11 is 0. The van der Waals surface area contributed by atoms with Gasteiger partial charge in [0, 0.05) is 5.56 Å². The van der Waals surface area contributed by atoms with Gasteiger partial charge in [-0.05, 0) is 43.3 Å². The van der Waals surface area contributed by atoms with Crippen LogP contribution in [0.5, 0.6) is 5.75 Å². The molecule has 22 heavy (non-hydrogen) atoms. The van der Waals surface area contributed by atoms with Crippen molar-refractivity contribution in [1.82, 2.24) is 0 Å². The SMILES string of the molecule is CC(Oc1ccccc1)C(=O)OCC(=O)c1ccc(F)cc1. The second-order valence-electron chi connectivity index (χ2n) is 4.61. The molecule has 0 radical (unpaired) electrons. The van der Waals surface area contributed by atoms with Crippen molar-refractivity contribution in [2.45, 2.75) is 13.0 Å². The quantitative estimate of drug-likeness (QED) is 0.608. The number of esters is 1. The largest absolute Gasteiger partial charge is 0.479 e. The fourth-order valence-electron chi connectivity index (χ4n) is 1.72. The van der Waals surface area contributed by atoms with Crippen molar-refractivity contribution in [3.8, 4) is 5.75 Å². The number of benzene rings is 2. The summed E-state index contributed by atoms with van der Waals surface area (Å²) in [5, 5.41) is 0. The number of hydrogen-bond acceptors (Lipinski definition) is 4. The van der Waals surface area contributed by atoms with Gasteiger partial charge in [-0.2, -0.15) is 0 Å². The first-order valence-electron chi connectivity index (χ1n) is 6.73. The fourth-order valence-corrected chi connectivity index (χ4v) is 1.72. The molecule has 2 rings (SSSR count). The van der Waals surface area contributed by atoms with E-state index >= 15 is 0 Å². The molecule has 0 aliphatic heterocycles. The molecule has 0 aliphatic carbocycles. The number of hydrogen-bond donors (Lipinski definition) is 0. The molecule has 0 fully saturated rings. The maximum atomic E-state index is 12.8. The molecular weight excluding hydrogens is 287 g/mol. The molecule has 0 saturated heterocycles. The molecule has 0 bridgehead atoms. The van der Waals surface area contributed by atoms with Crippen LogP contribution in [0.2, 0.25) is 0 Å². The Kier molecular flexibility index (Phi) is 5.25. The van der Waals surface area contributed by atoms with E-state index in [0.717, 1.165) is 0 Å². The third kappa shape index (κ3) is 4.41. The predicted molar refractivity (Wildman–Crippen MR) is 78.2 cm³/mol. The molecule has 1 atom stereocenters. The highest BCUT2D eigenvalue weighted by molar-refractivity contribution is 5.98. The summed E-state index contributed by atoms with van der Waals surface area (Å²) in [5.41, 5.74) is 0.283. The van der Waals surface area contributed by atoms with Crippen molar-refractivity contribution in [3.63, 3.8) is 0 Å². The zero-order valence-corrected chi connectivity index (χ0v) is 12.0. The Morgan fingerprint density at radius 2 is 1.68 bits per heavy atom. The molecule has 2 aromatic carbocycles. The smallest absolute Gasteiger partial charge is 0.347 e. The summed E-state index contributed by atoms with van der Waals surface area (Å²) in [6.45, 7) is 1.13. The molecule has 0 amide bonds. The molecule has 1 unspecified atom stereocenters. The molecule has 2 aromatic rings. The summed E-state index contributed by atoms with van der Waals surface area (Å²) < 4.78 is 23.1. The molecule has 0 N–H and O–H groups in total. The van der Waals surface area contributed by atoms with Crippen molar-refractivity contribution in [3.05, 3.63) is 66.0 Å². The lowest BCUT2D eigenvalue weighted by Crippen LogP contribution is -2.28. The van der Waals surface area contributed by atoms with Crippen LogP contribution in [0.3, 0.4) is 0 Å². The third-order valence-electron chi connectivity index (χ3n) is 2.90. The van der Waals surface area contributed by atoms with E-state index in [2.05, 4.69) is 0 Å². The first kappa shape index (κ1) is 15.7. The van der Waals surface area contributed by atoms with Crippen LogP contribution >= 0.6 is 0 Å². The molecule has 4 nitrogen and oxygen atoms in total. The number of carbonyl (C=O) groups excluding carboxylic acids is 2. The van der Waals surface area contributed by atoms with Gasteiger partial charge >= 0.3 is 5.97 Å². The Hall–Kier alpha value is -2.69. The Balaban J connectivity index is 1.84. The Morgan fingerprint density at radius 1 is 1.05 bits per heavy atom. The van der Waals surface area contributed by atoms with Gasteiger partial charge in [-0.15, -0.1) is 0 Å². The second kappa shape index (κ2) is 7.36. The van der Waals surface area contributed by atoms with Crippen molar-refractivity contribution in [2.75, 3.05) is 6.61 Å². The van der Waals surface area contributed by atoms with E-state index in [0.29, 0.717) is 5.75 Å². The fraction of sp³-hybridized carbons (Fsp3) is 0.176. The highest BCUT2D eigenvalue weighted by Gasteiger charge is 2.18. The minimum absolute atomic E-state index is 0.283. The van der Waals surface area contributed by atoms with Crippen LogP contribution in [0, 0.1) is 5.82 Å². The van der Waals surface area contributed by atoms with Gasteiger partial charge in [0.25, 0.3) is 0 Å². The number of para-hydroxylation sites is 1. The Bertz CT molecular complexity index is 637. The van der Waals surface area contributed by atoms with Gasteiger partial charge in [-0.3, -0.25) is 4.79 Å². The van der Waals surface area contributed by atoms with Crippen LogP contribution in [-0.2, 0) is 9.53 Å². The van der Waals surface area contributed by atoms with E-state index in [1.54, 1.807) is 24.3 Å². The molecule has 0 aliphatic rings. The normalized spacial score (nSPS) is 11.5.